The van der Waals surface area contributed by atoms with E-state index >= 15 is 0 Å². The average molecular weight is 1920 g/mol. The first-order chi connectivity index (χ1) is 68.3. The topological polar surface area (TPSA) is 203 Å². The molecule has 8 aliphatic carbocycles. The van der Waals surface area contributed by atoms with Crippen LogP contribution in [0.3, 0.4) is 0 Å². The molecule has 20 heteroatoms. The molecule has 8 saturated carbocycles. The Morgan fingerprint density at radius 3 is 0.745 bits per heavy atom. The van der Waals surface area contributed by atoms with E-state index in [1.54, 1.807) is 58.2 Å². The second-order valence-electron chi connectivity index (χ2n) is 41.1. The van der Waals surface area contributed by atoms with Crippen LogP contribution >= 0.6 is 0 Å². The number of nitrogens with zero attached hydrogens (tertiary/aromatic N) is 10. The molecule has 20 nitrogen and oxygen atoms in total. The van der Waals surface area contributed by atoms with Gasteiger partial charge in [-0.2, -0.15) is 0 Å². The van der Waals surface area contributed by atoms with Gasteiger partial charge in [-0.1, -0.05) is 277 Å². The number of hydrogen-bond acceptors (Lipinski definition) is 10. The Balaban J connectivity index is 0.000000163. The monoisotopic (exact) mass is 1920 g/mol. The third-order valence-corrected chi connectivity index (χ3v) is 31.5. The fourth-order valence-corrected chi connectivity index (χ4v) is 22.2. The number of hydrogen-bond donors (Lipinski definition) is 0. The van der Waals surface area contributed by atoms with Crippen LogP contribution in [-0.2, 0) is 47.9 Å². The zero-order valence-electron chi connectivity index (χ0n) is 87.4. The van der Waals surface area contributed by atoms with Gasteiger partial charge in [-0.15, -0.1) is 0 Å². The fourth-order valence-electron chi connectivity index (χ4n) is 22.2. The van der Waals surface area contributed by atoms with Gasteiger partial charge in [-0.3, -0.25) is 47.9 Å². The summed E-state index contributed by atoms with van der Waals surface area (Å²) in [6, 6.07) is 67.1. The average Bonchev–Trinajstić information content (AvgIpc) is 0.800. The second-order valence-corrected chi connectivity index (χ2v) is 41.1. The van der Waals surface area contributed by atoms with Crippen molar-refractivity contribution in [2.24, 2.45) is 59.2 Å². The van der Waals surface area contributed by atoms with Crippen molar-refractivity contribution < 1.29 is 47.9 Å². The molecule has 3 atom stereocenters. The first kappa shape index (κ1) is 110. The number of unbranched alkanes of at least 4 members (excludes halogenated alkanes) is 1. The Bertz CT molecular complexity index is 5000. The largest absolute Gasteiger partial charge is 0.315 e. The molecule has 8 fully saturated rings. The van der Waals surface area contributed by atoms with Crippen LogP contribution in [0.4, 0.5) is 56.9 Å². The summed E-state index contributed by atoms with van der Waals surface area (Å²) >= 11 is 0. The number of carbonyl (C=O) groups excluding carboxylic acids is 10. The number of carbonyl (C=O) groups is 10. The zero-order chi connectivity index (χ0) is 101. The standard InChI is InChI=1S/C22H26N2O2.3C22H32N2O2.C18H21NO.C15H23NO/c1-23(17-11-5-3-6-12-17)21(25)19-15-9-10-16-20(19)22(26)24(2)18-13-7-4-8-14-18;1-23(21(25)17-11-5-3-6-12-17)19-15-9-10-16-20(19)24(2)22(26)18-13-7-4-8-14-18;1-23(21(25)17-10-5-3-6-11-17)19-14-9-15-20(16-19)24(2)22(26)18-12-7-4-8-13-18;1-23(21(25)17-9-5-3-6-10-17)19-13-15-20(16-14-19)24(2)22(26)18-11-7-4-8-12-18;1-19(18(20)15-8-3-2-4-9-15)17-12-11-14-7-5-6-10-16(14)13-17;1-4-6-10-13(5-2)15(17)16(3)14-11-8-7-9-12-14/h3-8,11-14,19-20H,9-10,15-16H2,1-2H3;9-10,15-18H,3-8,11-14H2,1-2H3;9,14-18H,3-8,10-13H2,1-2H3;13-18H,3-12H2,1-2H3;5-7,10-13,15H,2-4,8-9H2,1H3;7-9,11-13H,4-6,10H2,1-3H3. The van der Waals surface area contributed by atoms with E-state index in [9.17, 15) is 47.9 Å². The predicted octanol–water partition coefficient (Wildman–Crippen LogP) is 26.7. The van der Waals surface area contributed by atoms with Gasteiger partial charge in [-0.05, 0) is 229 Å². The van der Waals surface area contributed by atoms with Crippen LogP contribution in [0.5, 0.6) is 0 Å². The Hall–Kier alpha value is -11.3. The molecule has 0 N–H and O–H groups in total. The molecule has 0 saturated heterocycles. The van der Waals surface area contributed by atoms with Gasteiger partial charge in [0, 0.05) is 163 Å². The number of rotatable bonds is 24. The van der Waals surface area contributed by atoms with Gasteiger partial charge in [0.25, 0.3) is 0 Å². The Labute approximate surface area is 844 Å². The highest BCUT2D eigenvalue weighted by atomic mass is 16.2. The zero-order valence-corrected chi connectivity index (χ0v) is 87.4. The van der Waals surface area contributed by atoms with Crippen LogP contribution in [0.1, 0.15) is 290 Å². The van der Waals surface area contributed by atoms with Gasteiger partial charge in [0.05, 0.1) is 23.2 Å². The van der Waals surface area contributed by atoms with Crippen LogP contribution in [0.15, 0.2) is 206 Å². The van der Waals surface area contributed by atoms with Crippen molar-refractivity contribution in [3.63, 3.8) is 0 Å². The molecule has 8 aliphatic rings. The number of para-hydroxylation sites is 5. The number of fused-ring (bicyclic) bond motifs is 1. The molecular weight excluding hydrogens is 1750 g/mol. The minimum Gasteiger partial charge on any atom is -0.315 e. The van der Waals surface area contributed by atoms with E-state index in [1.165, 1.54) is 68.6 Å². The third kappa shape index (κ3) is 31.4. The van der Waals surface area contributed by atoms with Gasteiger partial charge in [0.1, 0.15) is 0 Å². The van der Waals surface area contributed by atoms with E-state index in [0.29, 0.717) is 0 Å². The maximum Gasteiger partial charge on any atom is 0.230 e. The van der Waals surface area contributed by atoms with E-state index in [4.69, 9.17) is 0 Å². The molecule has 0 heterocycles. The summed E-state index contributed by atoms with van der Waals surface area (Å²) in [5, 5.41) is 2.41. The SMILES string of the molecule is CCCCC(CC)C(=O)N(C)c1ccccc1.CN(C(=O)C1CCCCC1)c1ccc(N(C)C(=O)C2CCCCC2)cc1.CN(C(=O)C1CCCCC1)c1ccc2ccccc2c1.CN(C(=O)C1CCCCC1)c1cccc(N(C)C(=O)C2CCCCC2)c1.CN(C(=O)C1CCCCC1)c1ccccc1N(C)C(=O)C1CCCCC1.CN(C(=O)C1CCCCC1C(=O)N(C)c1ccccc1)c1ccccc1. The van der Waals surface area contributed by atoms with Crippen molar-refractivity contribution >= 4 is 127 Å². The molecule has 0 aromatic heterocycles. The maximum atomic E-state index is 13.1. The van der Waals surface area contributed by atoms with Gasteiger partial charge in [0.15, 0.2) is 0 Å². The number of anilines is 10. The normalized spacial score (nSPS) is 18.0. The van der Waals surface area contributed by atoms with Crippen LogP contribution in [0.25, 0.3) is 10.8 Å². The van der Waals surface area contributed by atoms with Gasteiger partial charge >= 0.3 is 0 Å². The molecule has 760 valence electrons. The maximum absolute atomic E-state index is 13.1. The summed E-state index contributed by atoms with van der Waals surface area (Å²) in [6.45, 7) is 4.26. The van der Waals surface area contributed by atoms with Crippen molar-refractivity contribution in [2.75, 3.05) is 119 Å². The second kappa shape index (κ2) is 57.1. The summed E-state index contributed by atoms with van der Waals surface area (Å²) in [5.74, 6) is 2.62. The van der Waals surface area contributed by atoms with Gasteiger partial charge in [0.2, 0.25) is 59.1 Å². The number of amides is 10. The molecule has 3 unspecified atom stereocenters. The van der Waals surface area contributed by atoms with Gasteiger partial charge in [-0.25, -0.2) is 0 Å². The summed E-state index contributed by atoms with van der Waals surface area (Å²) in [6.07, 6.45) is 46.9. The van der Waals surface area contributed by atoms with Crippen LogP contribution < -0.4 is 49.0 Å². The lowest BCUT2D eigenvalue weighted by atomic mass is 9.77. The minimum absolute atomic E-state index is 0.0377. The van der Waals surface area contributed by atoms with Crippen molar-refractivity contribution in [3.05, 3.63) is 206 Å². The van der Waals surface area contributed by atoms with Crippen LogP contribution in [0, 0.1) is 59.2 Å². The van der Waals surface area contributed by atoms with Crippen LogP contribution in [-0.4, -0.2) is 130 Å². The number of benzene rings is 8. The highest BCUT2D eigenvalue weighted by Crippen LogP contribution is 2.41. The molecule has 16 rings (SSSR count). The van der Waals surface area contributed by atoms with Crippen molar-refractivity contribution in [1.29, 1.82) is 0 Å². The van der Waals surface area contributed by atoms with E-state index in [2.05, 4.69) is 38.1 Å². The lowest BCUT2D eigenvalue weighted by Crippen LogP contribution is -2.45. The highest BCUT2D eigenvalue weighted by Gasteiger charge is 2.40. The molecule has 8 aromatic rings. The lowest BCUT2D eigenvalue weighted by molar-refractivity contribution is -0.133. The first-order valence-electron chi connectivity index (χ1n) is 54.0. The lowest BCUT2D eigenvalue weighted by Gasteiger charge is -2.34. The molecule has 141 heavy (non-hydrogen) atoms. The van der Waals surface area contributed by atoms with Crippen LogP contribution in [0.2, 0.25) is 0 Å². The van der Waals surface area contributed by atoms with E-state index in [0.717, 1.165) is 275 Å². The molecular formula is C121H166N10O10. The molecule has 8 aromatic carbocycles. The van der Waals surface area contributed by atoms with E-state index in [-0.39, 0.29) is 118 Å². The summed E-state index contributed by atoms with van der Waals surface area (Å²) in [7, 11) is 18.5. The van der Waals surface area contributed by atoms with Gasteiger partial charge < -0.3 is 49.0 Å². The molecule has 0 bridgehead atoms. The Morgan fingerprint density at radius 1 is 0.220 bits per heavy atom. The van der Waals surface area contributed by atoms with Crippen molar-refractivity contribution in [1.82, 2.24) is 0 Å². The molecule has 10 amide bonds. The Morgan fingerprint density at radius 2 is 0.447 bits per heavy atom. The van der Waals surface area contributed by atoms with E-state index < -0.39 is 0 Å². The quantitative estimate of drug-likeness (QED) is 0.0560. The molecule has 0 spiro atoms. The Kier molecular flexibility index (Phi) is 44.6. The van der Waals surface area contributed by atoms with E-state index in [1.807, 2.05) is 243 Å². The summed E-state index contributed by atoms with van der Waals surface area (Å²) in [5.41, 5.74) is 8.96. The smallest absolute Gasteiger partial charge is 0.230 e. The van der Waals surface area contributed by atoms with Crippen molar-refractivity contribution in [3.8, 4) is 0 Å². The highest BCUT2D eigenvalue weighted by molar-refractivity contribution is 6.05. The minimum atomic E-state index is -0.257. The summed E-state index contributed by atoms with van der Waals surface area (Å²) < 4.78 is 0. The third-order valence-electron chi connectivity index (χ3n) is 31.5. The first-order valence-corrected chi connectivity index (χ1v) is 54.0. The fraction of sp³-hybridized carbons (Fsp3) is 0.537. The molecule has 0 radical (unpaired) electrons. The van der Waals surface area contributed by atoms with Crippen molar-refractivity contribution in [2.45, 2.75) is 290 Å². The predicted molar refractivity (Wildman–Crippen MR) is 581 cm³/mol. The summed E-state index contributed by atoms with van der Waals surface area (Å²) in [4.78, 5) is 146. The molecule has 0 aliphatic heterocycles.